The number of carbonyl (C=O) groups is 5. The van der Waals surface area contributed by atoms with E-state index in [-0.39, 0.29) is 48.2 Å². The lowest BCUT2D eigenvalue weighted by Gasteiger charge is -2.40. The highest BCUT2D eigenvalue weighted by atomic mass is 16.2. The average Bonchev–Trinajstić information content (AvgIpc) is 4.21. The summed E-state index contributed by atoms with van der Waals surface area (Å²) in [4.78, 5) is 74.4. The molecule has 0 bridgehead atoms. The van der Waals surface area contributed by atoms with Crippen LogP contribution >= 0.6 is 0 Å². The number of nitrogens with one attached hydrogen (secondary N) is 3. The van der Waals surface area contributed by atoms with Crippen molar-refractivity contribution in [3.05, 3.63) is 107 Å². The van der Waals surface area contributed by atoms with E-state index in [0.717, 1.165) is 76.2 Å². The van der Waals surface area contributed by atoms with Crippen molar-refractivity contribution in [2.75, 3.05) is 39.3 Å². The molecule has 2 aliphatic carbocycles. The van der Waals surface area contributed by atoms with Gasteiger partial charge in [-0.05, 0) is 54.5 Å². The molecule has 62 heavy (non-hydrogen) atoms. The van der Waals surface area contributed by atoms with Crippen LogP contribution in [0.1, 0.15) is 130 Å². The van der Waals surface area contributed by atoms with E-state index in [1.54, 1.807) is 9.80 Å². The summed E-state index contributed by atoms with van der Waals surface area (Å²) in [5.74, 6) is -0.869. The zero-order chi connectivity index (χ0) is 43.4. The summed E-state index contributed by atoms with van der Waals surface area (Å²) in [7, 11) is 0. The molecule has 11 heteroatoms. The minimum absolute atomic E-state index is 0.0155. The SMILES string of the molecule is CCCCCCCC(=O)N1CCN(C(=O)c2ccc(CN3C[C@@H](C(=O)N[C@H]4C[C@@H]4c4ccccc4)[C@H](C(=O)N[C@H]4C[C@@H]4c4ccccc4)C3)cc2)CC1C(=O)NCCCCCC. The van der Waals surface area contributed by atoms with Crippen molar-refractivity contribution >= 4 is 29.5 Å². The van der Waals surface area contributed by atoms with Crippen LogP contribution in [0.4, 0.5) is 0 Å². The van der Waals surface area contributed by atoms with Crippen LogP contribution in [0.15, 0.2) is 84.9 Å². The zero-order valence-electron chi connectivity index (χ0n) is 36.9. The Kier molecular flexibility index (Phi) is 15.9. The normalized spacial score (nSPS) is 24.3. The van der Waals surface area contributed by atoms with Gasteiger partial charge in [-0.15, -0.1) is 0 Å². The van der Waals surface area contributed by atoms with Gasteiger partial charge in [0.1, 0.15) is 6.04 Å². The minimum atomic E-state index is -0.722. The number of unbranched alkanes of at least 4 members (excludes halogenated alkanes) is 7. The van der Waals surface area contributed by atoms with Gasteiger partial charge in [-0.2, -0.15) is 0 Å². The molecule has 1 unspecified atom stereocenters. The monoisotopic (exact) mass is 845 g/mol. The summed E-state index contributed by atoms with van der Waals surface area (Å²) < 4.78 is 0. The fraction of sp³-hybridized carbons (Fsp3) is 0.549. The van der Waals surface area contributed by atoms with E-state index in [4.69, 9.17) is 0 Å². The molecule has 7 rings (SSSR count). The van der Waals surface area contributed by atoms with E-state index in [0.29, 0.717) is 63.1 Å². The molecule has 3 N–H and O–H groups in total. The summed E-state index contributed by atoms with van der Waals surface area (Å²) in [5.41, 5.74) is 3.95. The van der Waals surface area contributed by atoms with E-state index < -0.39 is 17.9 Å². The van der Waals surface area contributed by atoms with Gasteiger partial charge in [-0.1, -0.05) is 132 Å². The summed E-state index contributed by atoms with van der Waals surface area (Å²) >= 11 is 0. The Labute approximate surface area is 368 Å². The van der Waals surface area contributed by atoms with Crippen LogP contribution in [0.3, 0.4) is 0 Å². The molecule has 332 valence electrons. The van der Waals surface area contributed by atoms with Crippen LogP contribution in [-0.2, 0) is 25.7 Å². The smallest absolute Gasteiger partial charge is 0.253 e. The minimum Gasteiger partial charge on any atom is -0.354 e. The number of carbonyl (C=O) groups excluding carboxylic acids is 5. The molecule has 3 aromatic rings. The Hall–Kier alpha value is -5.03. The molecule has 5 amide bonds. The fourth-order valence-electron chi connectivity index (χ4n) is 9.56. The average molecular weight is 845 g/mol. The van der Waals surface area contributed by atoms with Crippen LogP contribution in [0, 0.1) is 11.8 Å². The molecule has 0 aromatic heterocycles. The van der Waals surface area contributed by atoms with Gasteiger partial charge < -0.3 is 25.8 Å². The number of piperazine rings is 1. The lowest BCUT2D eigenvalue weighted by Crippen LogP contribution is -2.61. The second-order valence-corrected chi connectivity index (χ2v) is 18.2. The van der Waals surface area contributed by atoms with Gasteiger partial charge in [0.25, 0.3) is 5.91 Å². The van der Waals surface area contributed by atoms with Crippen LogP contribution < -0.4 is 16.0 Å². The summed E-state index contributed by atoms with van der Waals surface area (Å²) in [6, 6.07) is 27.5. The number of nitrogens with zero attached hydrogens (tertiary/aromatic N) is 3. The maximum absolute atomic E-state index is 13.9. The highest BCUT2D eigenvalue weighted by molar-refractivity contribution is 5.96. The molecule has 11 nitrogen and oxygen atoms in total. The molecule has 4 aliphatic rings. The van der Waals surface area contributed by atoms with Crippen LogP contribution in [0.25, 0.3) is 0 Å². The zero-order valence-corrected chi connectivity index (χ0v) is 36.9. The number of likely N-dealkylation sites (tertiary alicyclic amines) is 1. The second kappa shape index (κ2) is 21.9. The van der Waals surface area contributed by atoms with Gasteiger partial charge in [0.2, 0.25) is 23.6 Å². The Balaban J connectivity index is 0.966. The Morgan fingerprint density at radius 3 is 1.71 bits per heavy atom. The third-order valence-corrected chi connectivity index (χ3v) is 13.5. The van der Waals surface area contributed by atoms with Crippen molar-refractivity contribution in [1.29, 1.82) is 0 Å². The van der Waals surface area contributed by atoms with E-state index in [1.165, 1.54) is 11.1 Å². The molecular weight excluding hydrogens is 777 g/mol. The van der Waals surface area contributed by atoms with Crippen molar-refractivity contribution in [2.45, 2.75) is 127 Å². The quantitative estimate of drug-likeness (QED) is 0.101. The fourth-order valence-corrected chi connectivity index (χ4v) is 9.56. The maximum Gasteiger partial charge on any atom is 0.253 e. The number of amides is 5. The number of hydrogen-bond acceptors (Lipinski definition) is 6. The molecule has 3 aromatic carbocycles. The number of benzene rings is 3. The van der Waals surface area contributed by atoms with Crippen molar-refractivity contribution in [3.8, 4) is 0 Å². The Morgan fingerprint density at radius 2 is 1.15 bits per heavy atom. The van der Waals surface area contributed by atoms with Gasteiger partial charge in [0, 0.05) is 75.2 Å². The third-order valence-electron chi connectivity index (χ3n) is 13.5. The molecule has 2 heterocycles. The molecule has 2 saturated carbocycles. The van der Waals surface area contributed by atoms with Crippen molar-refractivity contribution < 1.29 is 24.0 Å². The predicted molar refractivity (Wildman–Crippen MR) is 242 cm³/mol. The maximum atomic E-state index is 13.9. The third kappa shape index (κ3) is 11.9. The van der Waals surface area contributed by atoms with E-state index in [9.17, 15) is 24.0 Å². The van der Waals surface area contributed by atoms with Crippen LogP contribution in [-0.4, -0.2) is 102 Å². The van der Waals surface area contributed by atoms with Crippen LogP contribution in [0.5, 0.6) is 0 Å². The molecule has 2 aliphatic heterocycles. The lowest BCUT2D eigenvalue weighted by atomic mass is 9.94. The van der Waals surface area contributed by atoms with Gasteiger partial charge in [-0.25, -0.2) is 0 Å². The standard InChI is InChI=1S/C51H68N6O5/c1-3-5-7-9-16-22-47(58)57-29-28-56(35-46(57)50(61)52-27-17-8-6-4-2)51(62)39-25-23-36(24-26-39)32-55-33-42(48(59)53-44-30-40(44)37-18-12-10-13-19-37)43(34-55)49(60)54-45-31-41(45)38-20-14-11-15-21-38/h10-15,18-21,23-26,40-46H,3-9,16-17,22,27-35H2,1-2H3,(H,52,61)(H,53,59)(H,54,60)/t40-,41-,42-,43-,44+,45+,46?/m1/s1. The molecule has 7 atom stereocenters. The van der Waals surface area contributed by atoms with Crippen molar-refractivity contribution in [2.24, 2.45) is 11.8 Å². The number of rotatable bonds is 21. The molecule has 4 fully saturated rings. The first kappa shape index (κ1) is 45.0. The van der Waals surface area contributed by atoms with Gasteiger partial charge in [-0.3, -0.25) is 28.9 Å². The predicted octanol–water partition coefficient (Wildman–Crippen LogP) is 6.79. The topological polar surface area (TPSA) is 131 Å². The van der Waals surface area contributed by atoms with Crippen LogP contribution in [0.2, 0.25) is 0 Å². The Bertz CT molecular complexity index is 1880. The lowest BCUT2D eigenvalue weighted by molar-refractivity contribution is -0.143. The van der Waals surface area contributed by atoms with Gasteiger partial charge >= 0.3 is 0 Å². The summed E-state index contributed by atoms with van der Waals surface area (Å²) in [5, 5.41) is 9.63. The summed E-state index contributed by atoms with van der Waals surface area (Å²) in [6.45, 7) is 7.19. The highest BCUT2D eigenvalue weighted by Gasteiger charge is 2.48. The molecular formula is C51H68N6O5. The first-order chi connectivity index (χ1) is 30.2. The number of hydrogen-bond donors (Lipinski definition) is 3. The van der Waals surface area contributed by atoms with Crippen molar-refractivity contribution in [1.82, 2.24) is 30.7 Å². The van der Waals surface area contributed by atoms with E-state index >= 15 is 0 Å². The summed E-state index contributed by atoms with van der Waals surface area (Å²) in [6.07, 6.45) is 11.6. The first-order valence-electron chi connectivity index (χ1n) is 23.6. The Morgan fingerprint density at radius 1 is 0.597 bits per heavy atom. The molecule has 2 saturated heterocycles. The van der Waals surface area contributed by atoms with E-state index in [2.05, 4.69) is 59.0 Å². The highest BCUT2D eigenvalue weighted by Crippen LogP contribution is 2.42. The molecule has 0 spiro atoms. The molecule has 0 radical (unpaired) electrons. The van der Waals surface area contributed by atoms with Crippen molar-refractivity contribution in [3.63, 3.8) is 0 Å². The van der Waals surface area contributed by atoms with Gasteiger partial charge in [0.15, 0.2) is 0 Å². The first-order valence-corrected chi connectivity index (χ1v) is 23.6. The van der Waals surface area contributed by atoms with E-state index in [1.807, 2.05) is 60.7 Å². The second-order valence-electron chi connectivity index (χ2n) is 18.2. The largest absolute Gasteiger partial charge is 0.354 e. The van der Waals surface area contributed by atoms with Gasteiger partial charge in [0.05, 0.1) is 18.4 Å².